The van der Waals surface area contributed by atoms with Crippen LogP contribution in [0.3, 0.4) is 0 Å². The monoisotopic (exact) mass is 752 g/mol. The maximum absolute atomic E-state index is 5.86. The smallest absolute Gasteiger partial charge is 0.0701 e. The van der Waals surface area contributed by atoms with Gasteiger partial charge in [-0.1, -0.05) is 48.5 Å². The van der Waals surface area contributed by atoms with Gasteiger partial charge in [0.15, 0.2) is 0 Å². The van der Waals surface area contributed by atoms with E-state index in [1.54, 1.807) is 0 Å². The summed E-state index contributed by atoms with van der Waals surface area (Å²) >= 11 is 0. The summed E-state index contributed by atoms with van der Waals surface area (Å²) in [6.45, 7) is 14.3. The third-order valence-corrected chi connectivity index (χ3v) is 9.01. The number of hydrogen-bond donors (Lipinski definition) is 0. The molecule has 0 aromatic heterocycles. The molecule has 298 valence electrons. The van der Waals surface area contributed by atoms with E-state index in [0.29, 0.717) is 132 Å². The Hall–Kier alpha value is -3.14. The van der Waals surface area contributed by atoms with Crippen molar-refractivity contribution < 1.29 is 47.4 Å². The summed E-state index contributed by atoms with van der Waals surface area (Å²) in [6.07, 6.45) is 0. The fourth-order valence-electron chi connectivity index (χ4n) is 5.99. The van der Waals surface area contributed by atoms with Crippen LogP contribution in [-0.4, -0.2) is 158 Å². The summed E-state index contributed by atoms with van der Waals surface area (Å²) in [6, 6.07) is 26.2. The summed E-state index contributed by atoms with van der Waals surface area (Å²) in [7, 11) is 0. The molecule has 0 atom stereocenters. The van der Waals surface area contributed by atoms with Crippen LogP contribution in [0.25, 0.3) is 22.3 Å². The SMILES string of the molecule is c1cc(-c2ccc(N3CCOCCOCCOCCOCCOCC3)cc2)ccc1-c1ccc(N2CCOCCOCCOCCOCCOCC2)cc1. The van der Waals surface area contributed by atoms with Crippen LogP contribution < -0.4 is 9.80 Å². The van der Waals surface area contributed by atoms with Crippen LogP contribution in [0, 0.1) is 0 Å². The molecule has 5 rings (SSSR count). The van der Waals surface area contributed by atoms with Gasteiger partial charge in [-0.05, 0) is 46.5 Å². The first kappa shape index (κ1) is 42.0. The van der Waals surface area contributed by atoms with Crippen molar-refractivity contribution in [3.63, 3.8) is 0 Å². The molecule has 2 saturated heterocycles. The lowest BCUT2D eigenvalue weighted by atomic mass is 10.00. The molecule has 3 aromatic rings. The first-order chi connectivity index (χ1) is 26.9. The first-order valence-electron chi connectivity index (χ1n) is 19.4. The minimum Gasteiger partial charge on any atom is -0.377 e. The van der Waals surface area contributed by atoms with Gasteiger partial charge < -0.3 is 57.2 Å². The molecule has 54 heavy (non-hydrogen) atoms. The van der Waals surface area contributed by atoms with E-state index >= 15 is 0 Å². The highest BCUT2D eigenvalue weighted by molar-refractivity contribution is 5.72. The van der Waals surface area contributed by atoms with Crippen LogP contribution in [0.15, 0.2) is 72.8 Å². The maximum Gasteiger partial charge on any atom is 0.0701 e. The third kappa shape index (κ3) is 16.3. The highest BCUT2D eigenvalue weighted by atomic mass is 16.6. The van der Waals surface area contributed by atoms with Gasteiger partial charge in [-0.25, -0.2) is 0 Å². The minimum atomic E-state index is 0.553. The van der Waals surface area contributed by atoms with Crippen LogP contribution in [0.4, 0.5) is 11.4 Å². The summed E-state index contributed by atoms with van der Waals surface area (Å²) in [5.74, 6) is 0. The molecule has 0 aliphatic carbocycles. The maximum atomic E-state index is 5.86. The number of anilines is 2. The molecule has 2 fully saturated rings. The first-order valence-corrected chi connectivity index (χ1v) is 19.4. The van der Waals surface area contributed by atoms with Gasteiger partial charge in [-0.3, -0.25) is 0 Å². The predicted molar refractivity (Wildman–Crippen MR) is 210 cm³/mol. The number of ether oxygens (including phenoxy) is 10. The average Bonchev–Trinajstić information content (AvgIpc) is 3.21. The van der Waals surface area contributed by atoms with Gasteiger partial charge in [0.05, 0.1) is 132 Å². The van der Waals surface area contributed by atoms with Gasteiger partial charge in [-0.2, -0.15) is 0 Å². The van der Waals surface area contributed by atoms with Gasteiger partial charge in [-0.15, -0.1) is 0 Å². The van der Waals surface area contributed by atoms with Crippen molar-refractivity contribution in [2.24, 2.45) is 0 Å². The fraction of sp³-hybridized carbons (Fsp3) is 0.571. The molecule has 12 heteroatoms. The van der Waals surface area contributed by atoms with Gasteiger partial charge in [0.1, 0.15) is 0 Å². The third-order valence-electron chi connectivity index (χ3n) is 9.01. The second kappa shape index (κ2) is 26.6. The van der Waals surface area contributed by atoms with Crippen molar-refractivity contribution in [2.75, 3.05) is 168 Å². The van der Waals surface area contributed by atoms with Crippen molar-refractivity contribution in [2.45, 2.75) is 0 Å². The van der Waals surface area contributed by atoms with Gasteiger partial charge in [0.25, 0.3) is 0 Å². The Balaban J connectivity index is 1.14. The van der Waals surface area contributed by atoms with E-state index in [1.807, 2.05) is 0 Å². The van der Waals surface area contributed by atoms with E-state index in [9.17, 15) is 0 Å². The summed E-state index contributed by atoms with van der Waals surface area (Å²) < 4.78 is 56.9. The Bertz CT molecular complexity index is 1220. The Labute approximate surface area is 321 Å². The van der Waals surface area contributed by atoms with Crippen molar-refractivity contribution in [1.29, 1.82) is 0 Å². The molecule has 2 aliphatic heterocycles. The lowest BCUT2D eigenvalue weighted by Gasteiger charge is -2.25. The average molecular weight is 753 g/mol. The van der Waals surface area contributed by atoms with Crippen LogP contribution in [0.1, 0.15) is 0 Å². The number of rotatable bonds is 4. The minimum absolute atomic E-state index is 0.553. The highest BCUT2D eigenvalue weighted by Crippen LogP contribution is 2.28. The molecular weight excluding hydrogens is 692 g/mol. The Morgan fingerprint density at radius 1 is 0.222 bits per heavy atom. The molecule has 0 radical (unpaired) electrons. The van der Waals surface area contributed by atoms with Crippen LogP contribution in [-0.2, 0) is 47.4 Å². The fourth-order valence-corrected chi connectivity index (χ4v) is 5.99. The topological polar surface area (TPSA) is 98.8 Å². The van der Waals surface area contributed by atoms with E-state index < -0.39 is 0 Å². The largest absolute Gasteiger partial charge is 0.377 e. The Kier molecular flexibility index (Phi) is 20.7. The number of benzene rings is 3. The van der Waals surface area contributed by atoms with Gasteiger partial charge >= 0.3 is 0 Å². The van der Waals surface area contributed by atoms with E-state index in [1.165, 1.54) is 22.3 Å². The molecule has 3 aromatic carbocycles. The lowest BCUT2D eigenvalue weighted by Crippen LogP contribution is -2.31. The number of hydrogen-bond acceptors (Lipinski definition) is 12. The Morgan fingerprint density at radius 2 is 0.389 bits per heavy atom. The molecule has 0 N–H and O–H groups in total. The van der Waals surface area contributed by atoms with Crippen LogP contribution in [0.2, 0.25) is 0 Å². The zero-order chi connectivity index (χ0) is 37.1. The summed E-state index contributed by atoms with van der Waals surface area (Å²) in [5.41, 5.74) is 6.96. The predicted octanol–water partition coefficient (Wildman–Crippen LogP) is 4.83. The molecule has 0 saturated carbocycles. The normalized spacial score (nSPS) is 20.2. The molecular formula is C42H60N2O10. The van der Waals surface area contributed by atoms with E-state index in [0.717, 1.165) is 37.6 Å². The van der Waals surface area contributed by atoms with Crippen molar-refractivity contribution in [3.05, 3.63) is 72.8 Å². The van der Waals surface area contributed by atoms with Crippen molar-refractivity contribution in [1.82, 2.24) is 0 Å². The zero-order valence-electron chi connectivity index (χ0n) is 31.9. The summed E-state index contributed by atoms with van der Waals surface area (Å²) in [4.78, 5) is 4.61. The second-order valence-electron chi connectivity index (χ2n) is 12.8. The highest BCUT2D eigenvalue weighted by Gasteiger charge is 2.11. The van der Waals surface area contributed by atoms with Crippen LogP contribution in [0.5, 0.6) is 0 Å². The molecule has 2 heterocycles. The lowest BCUT2D eigenvalue weighted by molar-refractivity contribution is -0.0116. The molecule has 12 nitrogen and oxygen atoms in total. The zero-order valence-corrected chi connectivity index (χ0v) is 31.9. The molecule has 0 amide bonds. The summed E-state index contributed by atoms with van der Waals surface area (Å²) in [5, 5.41) is 0. The van der Waals surface area contributed by atoms with Gasteiger partial charge in [0.2, 0.25) is 0 Å². The second-order valence-corrected chi connectivity index (χ2v) is 12.8. The van der Waals surface area contributed by atoms with E-state index in [-0.39, 0.29) is 0 Å². The van der Waals surface area contributed by atoms with E-state index in [4.69, 9.17) is 47.4 Å². The Morgan fingerprint density at radius 3 is 0.593 bits per heavy atom. The molecule has 0 spiro atoms. The van der Waals surface area contributed by atoms with Crippen LogP contribution >= 0.6 is 0 Å². The molecule has 2 aliphatic rings. The van der Waals surface area contributed by atoms with Crippen molar-refractivity contribution in [3.8, 4) is 22.3 Å². The van der Waals surface area contributed by atoms with E-state index in [2.05, 4.69) is 82.6 Å². The van der Waals surface area contributed by atoms with Crippen molar-refractivity contribution >= 4 is 11.4 Å². The molecule has 0 bridgehead atoms. The standard InChI is InChI=1S/C42H60N2O10/c1-2-38(40-7-11-42(12-8-40)44-15-19-47-23-27-51-31-35-54-36-32-52-28-24-48-20-16-44)4-3-37(1)39-5-9-41(10-6-39)43-13-17-45-21-25-49-29-33-53-34-30-50-26-22-46-18-14-43/h1-12H,13-36H2. The van der Waals surface area contributed by atoms with Gasteiger partial charge in [0, 0.05) is 37.6 Å². The number of nitrogens with zero attached hydrogens (tertiary/aromatic N) is 2. The quantitative estimate of drug-likeness (QED) is 0.366. The molecule has 0 unspecified atom stereocenters.